The van der Waals surface area contributed by atoms with Gasteiger partial charge in [0.1, 0.15) is 11.6 Å². The molecule has 0 saturated carbocycles. The molecule has 0 fully saturated rings. The van der Waals surface area contributed by atoms with Crippen molar-refractivity contribution in [3.8, 4) is 5.75 Å². The van der Waals surface area contributed by atoms with Crippen LogP contribution in [0.1, 0.15) is 33.5 Å². The average Bonchev–Trinajstić information content (AvgIpc) is 3.07. The molecule has 1 aliphatic heterocycles. The van der Waals surface area contributed by atoms with Gasteiger partial charge in [0.05, 0.1) is 37.7 Å². The van der Waals surface area contributed by atoms with Crippen molar-refractivity contribution >= 4 is 5.91 Å². The second-order valence-corrected chi connectivity index (χ2v) is 6.28. The molecule has 0 radical (unpaired) electrons. The Morgan fingerprint density at radius 1 is 1.15 bits per heavy atom. The number of nitrogens with zero attached hydrogens (tertiary/aromatic N) is 5. The maximum atomic E-state index is 13.1. The van der Waals surface area contributed by atoms with Gasteiger partial charge in [-0.25, -0.2) is 4.98 Å². The number of rotatable bonds is 3. The van der Waals surface area contributed by atoms with Gasteiger partial charge in [-0.1, -0.05) is 12.1 Å². The van der Waals surface area contributed by atoms with Crippen LogP contribution in [-0.2, 0) is 13.1 Å². The molecule has 0 N–H and O–H groups in total. The lowest BCUT2D eigenvalue weighted by molar-refractivity contribution is 0.0582. The number of fused-ring (bicyclic) bond motifs is 1. The number of methoxy groups -OCH3 is 1. The molecule has 4 rings (SSSR count). The van der Waals surface area contributed by atoms with Crippen molar-refractivity contribution in [2.45, 2.75) is 26.1 Å². The van der Waals surface area contributed by atoms with E-state index in [1.807, 2.05) is 42.3 Å². The van der Waals surface area contributed by atoms with Gasteiger partial charge in [0, 0.05) is 18.4 Å². The van der Waals surface area contributed by atoms with Gasteiger partial charge in [0.2, 0.25) is 0 Å². The fraction of sp³-hybridized carbons (Fsp3) is 0.263. The van der Waals surface area contributed by atoms with Gasteiger partial charge in [0.25, 0.3) is 5.91 Å². The van der Waals surface area contributed by atoms with Crippen molar-refractivity contribution < 1.29 is 9.53 Å². The van der Waals surface area contributed by atoms with Crippen molar-refractivity contribution in [1.29, 1.82) is 0 Å². The maximum absolute atomic E-state index is 13.1. The highest BCUT2D eigenvalue weighted by atomic mass is 16.5. The predicted molar refractivity (Wildman–Crippen MR) is 94.6 cm³/mol. The summed E-state index contributed by atoms with van der Waals surface area (Å²) >= 11 is 0. The first-order chi connectivity index (χ1) is 12.7. The smallest absolute Gasteiger partial charge is 0.256 e. The second kappa shape index (κ2) is 6.59. The number of carbonyl (C=O) groups is 1. The highest BCUT2D eigenvalue weighted by Gasteiger charge is 2.33. The van der Waals surface area contributed by atoms with Gasteiger partial charge in [0.15, 0.2) is 0 Å². The van der Waals surface area contributed by atoms with E-state index in [1.54, 1.807) is 13.2 Å². The lowest BCUT2D eigenvalue weighted by Gasteiger charge is -2.37. The number of hydrogen-bond donors (Lipinski definition) is 0. The molecular weight excluding hydrogens is 330 g/mol. The second-order valence-electron chi connectivity index (χ2n) is 6.28. The molecule has 26 heavy (non-hydrogen) atoms. The van der Waals surface area contributed by atoms with Crippen LogP contribution in [0, 0.1) is 6.92 Å². The van der Waals surface area contributed by atoms with Gasteiger partial charge >= 0.3 is 0 Å². The first-order valence-electron chi connectivity index (χ1n) is 8.40. The monoisotopic (exact) mass is 349 g/mol. The van der Waals surface area contributed by atoms with Crippen LogP contribution >= 0.6 is 0 Å². The largest absolute Gasteiger partial charge is 0.497 e. The van der Waals surface area contributed by atoms with E-state index in [1.165, 1.54) is 12.4 Å². The normalized spacial score (nSPS) is 16.2. The fourth-order valence-electron chi connectivity index (χ4n) is 3.33. The summed E-state index contributed by atoms with van der Waals surface area (Å²) in [6.45, 7) is 3.15. The molecule has 1 aromatic carbocycles. The van der Waals surface area contributed by atoms with Crippen molar-refractivity contribution in [1.82, 2.24) is 24.6 Å². The Kier molecular flexibility index (Phi) is 4.12. The Balaban J connectivity index is 1.74. The first kappa shape index (κ1) is 16.3. The average molecular weight is 349 g/mol. The third kappa shape index (κ3) is 2.81. The van der Waals surface area contributed by atoms with Crippen molar-refractivity contribution in [3.63, 3.8) is 0 Å². The van der Waals surface area contributed by atoms with E-state index in [9.17, 15) is 4.79 Å². The number of hydrogen-bond acceptors (Lipinski definition) is 5. The number of ether oxygens (including phenoxy) is 1. The van der Waals surface area contributed by atoms with Crippen LogP contribution in [-0.4, -0.2) is 37.7 Å². The summed E-state index contributed by atoms with van der Waals surface area (Å²) in [6, 6.07) is 9.44. The van der Waals surface area contributed by atoms with Crippen LogP contribution in [0.5, 0.6) is 5.75 Å². The van der Waals surface area contributed by atoms with E-state index >= 15 is 0 Å². The summed E-state index contributed by atoms with van der Waals surface area (Å²) in [5.41, 5.74) is 2.67. The van der Waals surface area contributed by atoms with Crippen LogP contribution < -0.4 is 4.74 Å². The molecule has 7 nitrogen and oxygen atoms in total. The number of benzene rings is 1. The molecule has 0 aliphatic carbocycles. The lowest BCUT2D eigenvalue weighted by atomic mass is 10.0. The summed E-state index contributed by atoms with van der Waals surface area (Å²) in [5, 5.41) is 7.59. The quantitative estimate of drug-likeness (QED) is 0.726. The molecule has 7 heteroatoms. The molecule has 1 atom stereocenters. The molecule has 2 aromatic heterocycles. The molecule has 0 bridgehead atoms. The highest BCUT2D eigenvalue weighted by molar-refractivity contribution is 5.94. The van der Waals surface area contributed by atoms with Crippen LogP contribution in [0.3, 0.4) is 0 Å². The number of carbonyl (C=O) groups excluding carboxylic acids is 1. The minimum absolute atomic E-state index is 0.0763. The molecule has 132 valence electrons. The van der Waals surface area contributed by atoms with Gasteiger partial charge in [-0.3, -0.25) is 4.79 Å². The fourth-order valence-corrected chi connectivity index (χ4v) is 3.33. The van der Waals surface area contributed by atoms with Gasteiger partial charge in [-0.2, -0.15) is 10.2 Å². The minimum Gasteiger partial charge on any atom is -0.497 e. The minimum atomic E-state index is -0.0954. The van der Waals surface area contributed by atoms with E-state index < -0.39 is 0 Å². The molecule has 3 heterocycles. The summed E-state index contributed by atoms with van der Waals surface area (Å²) in [6.07, 6.45) is 4.88. The summed E-state index contributed by atoms with van der Waals surface area (Å²) in [5.74, 6) is 1.61. The molecule has 3 aromatic rings. The summed E-state index contributed by atoms with van der Waals surface area (Å²) < 4.78 is 7.42. The first-order valence-corrected chi connectivity index (χ1v) is 8.40. The molecule has 1 unspecified atom stereocenters. The predicted octanol–water partition coefficient (Wildman–Crippen LogP) is 2.39. The zero-order valence-corrected chi connectivity index (χ0v) is 14.7. The van der Waals surface area contributed by atoms with E-state index in [0.717, 1.165) is 22.8 Å². The third-order valence-electron chi connectivity index (χ3n) is 4.77. The number of amides is 1. The summed E-state index contributed by atoms with van der Waals surface area (Å²) in [4.78, 5) is 19.4. The van der Waals surface area contributed by atoms with Crippen LogP contribution in [0.4, 0.5) is 0 Å². The molecule has 1 amide bonds. The van der Waals surface area contributed by atoms with Gasteiger partial charge < -0.3 is 14.2 Å². The van der Waals surface area contributed by atoms with Crippen LogP contribution in [0.2, 0.25) is 0 Å². The zero-order chi connectivity index (χ0) is 18.1. The van der Waals surface area contributed by atoms with E-state index in [-0.39, 0.29) is 11.9 Å². The Bertz CT molecular complexity index is 921. The van der Waals surface area contributed by atoms with E-state index in [4.69, 9.17) is 4.74 Å². The van der Waals surface area contributed by atoms with Crippen molar-refractivity contribution in [2.75, 3.05) is 7.11 Å². The van der Waals surface area contributed by atoms with Crippen molar-refractivity contribution in [3.05, 3.63) is 71.6 Å². The topological polar surface area (TPSA) is 73.1 Å². The Hall–Kier alpha value is -3.22. The molecule has 0 saturated heterocycles. The zero-order valence-electron chi connectivity index (χ0n) is 14.7. The molecule has 0 spiro atoms. The standard InChI is InChI=1S/C19H19N5O2/c1-13-9-20-18-12-24(19(25)15-7-8-21-22-10-15)17(11-23(13)18)14-3-5-16(26-2)6-4-14/h3-10,17H,11-12H2,1-2H3. The number of aromatic nitrogens is 4. The Labute approximate surface area is 151 Å². The van der Waals surface area contributed by atoms with E-state index in [0.29, 0.717) is 18.7 Å². The Morgan fingerprint density at radius 2 is 1.96 bits per heavy atom. The van der Waals surface area contributed by atoms with E-state index in [2.05, 4.69) is 19.7 Å². The SMILES string of the molecule is COc1ccc(C2Cn3c(C)cnc3CN2C(=O)c2ccnnc2)cc1. The van der Waals surface area contributed by atoms with Crippen LogP contribution in [0.15, 0.2) is 48.9 Å². The molecule has 1 aliphatic rings. The maximum Gasteiger partial charge on any atom is 0.256 e. The Morgan fingerprint density at radius 3 is 2.65 bits per heavy atom. The third-order valence-corrected chi connectivity index (χ3v) is 4.77. The lowest BCUT2D eigenvalue weighted by Crippen LogP contribution is -2.41. The van der Waals surface area contributed by atoms with Gasteiger partial charge in [-0.15, -0.1) is 0 Å². The summed E-state index contributed by atoms with van der Waals surface area (Å²) in [7, 11) is 1.64. The number of aryl methyl sites for hydroxylation is 1. The highest BCUT2D eigenvalue weighted by Crippen LogP contribution is 2.32. The number of imidazole rings is 1. The molecular formula is C19H19N5O2. The van der Waals surface area contributed by atoms with Crippen LogP contribution in [0.25, 0.3) is 0 Å². The van der Waals surface area contributed by atoms with Gasteiger partial charge in [-0.05, 0) is 30.7 Å². The van der Waals surface area contributed by atoms with Crippen molar-refractivity contribution in [2.24, 2.45) is 0 Å².